The molecule has 29 heavy (non-hydrogen) atoms. The average Bonchev–Trinajstić information content (AvgIpc) is 3.20. The molecule has 10 nitrogen and oxygen atoms in total. The number of guanidine groups is 1. The third kappa shape index (κ3) is 5.91. The summed E-state index contributed by atoms with van der Waals surface area (Å²) in [4.78, 5) is 11.7. The second-order valence-electron chi connectivity index (χ2n) is 7.72. The molecule has 1 atom stereocenters. The van der Waals surface area contributed by atoms with Crippen molar-refractivity contribution in [3.05, 3.63) is 18.0 Å². The van der Waals surface area contributed by atoms with E-state index in [1.807, 2.05) is 0 Å². The van der Waals surface area contributed by atoms with Crippen LogP contribution in [-0.2, 0) is 15.8 Å². The Labute approximate surface area is 173 Å². The van der Waals surface area contributed by atoms with Gasteiger partial charge in [-0.15, -0.1) is 0 Å². The topological polar surface area (TPSA) is 97.5 Å². The van der Waals surface area contributed by atoms with Crippen molar-refractivity contribution in [2.24, 2.45) is 4.99 Å². The zero-order valence-electron chi connectivity index (χ0n) is 17.6. The summed E-state index contributed by atoms with van der Waals surface area (Å²) in [5.74, 6) is 0.738. The number of nitrogens with zero attached hydrogens (tertiary/aromatic N) is 6. The fourth-order valence-electron chi connectivity index (χ4n) is 3.68. The third-order valence-electron chi connectivity index (χ3n) is 5.52. The molecule has 2 aliphatic rings. The second-order valence-corrected chi connectivity index (χ2v) is 9.69. The van der Waals surface area contributed by atoms with Crippen LogP contribution in [-0.4, -0.2) is 118 Å². The first kappa shape index (κ1) is 22.0. The van der Waals surface area contributed by atoms with Crippen molar-refractivity contribution in [2.45, 2.75) is 18.7 Å². The Kier molecular flexibility index (Phi) is 7.49. The van der Waals surface area contributed by atoms with E-state index in [2.05, 4.69) is 46.2 Å². The van der Waals surface area contributed by atoms with E-state index in [-0.39, 0.29) is 5.75 Å². The van der Waals surface area contributed by atoms with Gasteiger partial charge in [0.2, 0.25) is 10.0 Å². The van der Waals surface area contributed by atoms with Crippen molar-refractivity contribution < 1.29 is 12.9 Å². The standard InChI is InChI=1S/C18H33N7O3S/c1-4-19-18(20-13-17-14-22(2)6-7-23(17)3)24-8-10-25(11-9-24)29(26,27)15-16-5-12-28-21-16/h5,12,17H,4,6-11,13-15H2,1-3H3,(H,19,20). The number of aromatic nitrogens is 1. The molecule has 2 aliphatic heterocycles. The predicted molar refractivity (Wildman–Crippen MR) is 112 cm³/mol. The number of nitrogens with one attached hydrogen (secondary N) is 1. The van der Waals surface area contributed by atoms with Gasteiger partial charge in [0.25, 0.3) is 0 Å². The summed E-state index contributed by atoms with van der Waals surface area (Å²) < 4.78 is 31.5. The van der Waals surface area contributed by atoms with Gasteiger partial charge >= 0.3 is 0 Å². The summed E-state index contributed by atoms with van der Waals surface area (Å²) in [7, 11) is 0.899. The number of rotatable bonds is 6. The first-order valence-corrected chi connectivity index (χ1v) is 11.8. The maximum absolute atomic E-state index is 12.6. The van der Waals surface area contributed by atoms with E-state index in [0.29, 0.717) is 37.9 Å². The second kappa shape index (κ2) is 9.88. The summed E-state index contributed by atoms with van der Waals surface area (Å²) in [5.41, 5.74) is 0.434. The molecule has 3 heterocycles. The van der Waals surface area contributed by atoms with Gasteiger partial charge < -0.3 is 19.6 Å². The molecule has 0 aliphatic carbocycles. The SMILES string of the molecule is CCNC(=NCC1CN(C)CCN1C)N1CCN(S(=O)(=O)Cc2ccon2)CC1. The fourth-order valence-corrected chi connectivity index (χ4v) is 5.11. The largest absolute Gasteiger partial charge is 0.364 e. The van der Waals surface area contributed by atoms with Crippen molar-refractivity contribution >= 4 is 16.0 Å². The molecule has 0 bridgehead atoms. The molecular weight excluding hydrogens is 394 g/mol. The van der Waals surface area contributed by atoms with Crippen LogP contribution in [0.4, 0.5) is 0 Å². The lowest BCUT2D eigenvalue weighted by Gasteiger charge is -2.38. The zero-order valence-corrected chi connectivity index (χ0v) is 18.4. The van der Waals surface area contributed by atoms with Crippen LogP contribution in [0, 0.1) is 0 Å². The molecule has 164 valence electrons. The minimum Gasteiger partial charge on any atom is -0.364 e. The van der Waals surface area contributed by atoms with E-state index in [1.165, 1.54) is 10.6 Å². The Morgan fingerprint density at radius 3 is 2.66 bits per heavy atom. The van der Waals surface area contributed by atoms with Gasteiger partial charge in [0.05, 0.1) is 12.2 Å². The van der Waals surface area contributed by atoms with E-state index in [9.17, 15) is 8.42 Å². The summed E-state index contributed by atoms with van der Waals surface area (Å²) in [6.45, 7) is 8.82. The van der Waals surface area contributed by atoms with Gasteiger partial charge in [-0.3, -0.25) is 9.89 Å². The zero-order chi connectivity index (χ0) is 20.9. The molecule has 0 radical (unpaired) electrons. The molecule has 2 fully saturated rings. The van der Waals surface area contributed by atoms with Crippen LogP contribution in [0.2, 0.25) is 0 Å². The van der Waals surface area contributed by atoms with Gasteiger partial charge in [0.15, 0.2) is 5.96 Å². The Hall–Kier alpha value is -1.69. The molecule has 0 saturated carbocycles. The number of hydrogen-bond donors (Lipinski definition) is 1. The van der Waals surface area contributed by atoms with Gasteiger partial charge in [0.1, 0.15) is 12.0 Å². The Morgan fingerprint density at radius 2 is 2.00 bits per heavy atom. The molecular formula is C18H33N7O3S. The first-order chi connectivity index (χ1) is 13.9. The van der Waals surface area contributed by atoms with Gasteiger partial charge in [-0.2, -0.15) is 4.31 Å². The van der Waals surface area contributed by atoms with Crippen molar-refractivity contribution in [1.82, 2.24) is 29.5 Å². The van der Waals surface area contributed by atoms with Gasteiger partial charge in [-0.25, -0.2) is 8.42 Å². The van der Waals surface area contributed by atoms with Crippen molar-refractivity contribution in [3.63, 3.8) is 0 Å². The highest BCUT2D eigenvalue weighted by atomic mass is 32.2. The summed E-state index contributed by atoms with van der Waals surface area (Å²) >= 11 is 0. The predicted octanol–water partition coefficient (Wildman–Crippen LogP) is -0.667. The Balaban J connectivity index is 1.57. The lowest BCUT2D eigenvalue weighted by Crippen LogP contribution is -2.55. The quantitative estimate of drug-likeness (QED) is 0.472. The number of hydrogen-bond acceptors (Lipinski definition) is 7. The lowest BCUT2D eigenvalue weighted by atomic mass is 10.2. The Morgan fingerprint density at radius 1 is 1.24 bits per heavy atom. The van der Waals surface area contributed by atoms with Crippen LogP contribution in [0.1, 0.15) is 12.6 Å². The number of likely N-dealkylation sites (N-methyl/N-ethyl adjacent to an activating group) is 2. The molecule has 1 aromatic heterocycles. The van der Waals surface area contributed by atoms with Gasteiger partial charge in [-0.05, 0) is 21.0 Å². The van der Waals surface area contributed by atoms with E-state index in [0.717, 1.165) is 38.7 Å². The van der Waals surface area contributed by atoms with Gasteiger partial charge in [0, 0.05) is 64.5 Å². The molecule has 2 saturated heterocycles. The maximum Gasteiger partial charge on any atom is 0.220 e. The summed E-state index contributed by atoms with van der Waals surface area (Å²) in [6, 6.07) is 1.98. The van der Waals surface area contributed by atoms with Crippen molar-refractivity contribution in [1.29, 1.82) is 0 Å². The lowest BCUT2D eigenvalue weighted by molar-refractivity contribution is 0.119. The monoisotopic (exact) mass is 427 g/mol. The fraction of sp³-hybridized carbons (Fsp3) is 0.778. The molecule has 11 heteroatoms. The van der Waals surface area contributed by atoms with Crippen LogP contribution in [0.25, 0.3) is 0 Å². The van der Waals surface area contributed by atoms with E-state index in [1.54, 1.807) is 6.07 Å². The average molecular weight is 428 g/mol. The minimum absolute atomic E-state index is 0.126. The molecule has 1 aromatic rings. The number of piperazine rings is 2. The van der Waals surface area contributed by atoms with Crippen LogP contribution in [0.15, 0.2) is 21.8 Å². The van der Waals surface area contributed by atoms with Crippen LogP contribution in [0.5, 0.6) is 0 Å². The first-order valence-electron chi connectivity index (χ1n) is 10.2. The number of sulfonamides is 1. The van der Waals surface area contributed by atoms with Crippen molar-refractivity contribution in [2.75, 3.05) is 73.0 Å². The smallest absolute Gasteiger partial charge is 0.220 e. The molecule has 0 amide bonds. The number of aliphatic imine (C=N–C) groups is 1. The minimum atomic E-state index is -3.40. The molecule has 1 unspecified atom stereocenters. The molecule has 0 aromatic carbocycles. The third-order valence-corrected chi connectivity index (χ3v) is 7.33. The van der Waals surface area contributed by atoms with Crippen LogP contribution < -0.4 is 5.32 Å². The maximum atomic E-state index is 12.6. The normalized spacial score (nSPS) is 23.5. The highest BCUT2D eigenvalue weighted by Gasteiger charge is 2.29. The van der Waals surface area contributed by atoms with Crippen LogP contribution in [0.3, 0.4) is 0 Å². The highest BCUT2D eigenvalue weighted by Crippen LogP contribution is 2.13. The molecule has 0 spiro atoms. The van der Waals surface area contributed by atoms with E-state index >= 15 is 0 Å². The molecule has 1 N–H and O–H groups in total. The summed E-state index contributed by atoms with van der Waals surface area (Å²) in [5, 5.41) is 7.08. The van der Waals surface area contributed by atoms with Gasteiger partial charge in [-0.1, -0.05) is 5.16 Å². The van der Waals surface area contributed by atoms with Crippen molar-refractivity contribution in [3.8, 4) is 0 Å². The van der Waals surface area contributed by atoms with E-state index < -0.39 is 10.0 Å². The van der Waals surface area contributed by atoms with E-state index in [4.69, 9.17) is 9.52 Å². The van der Waals surface area contributed by atoms with Crippen LogP contribution >= 0.6 is 0 Å². The highest BCUT2D eigenvalue weighted by molar-refractivity contribution is 7.88. The Bertz CT molecular complexity index is 760. The summed E-state index contributed by atoms with van der Waals surface area (Å²) in [6.07, 6.45) is 1.39. The molecule has 3 rings (SSSR count).